The number of anilines is 2. The minimum Gasteiger partial charge on any atom is -0.365 e. The molecule has 1 atom stereocenters. The number of carbonyl (C=O) groups excluding carboxylic acids is 2. The van der Waals surface area contributed by atoms with Gasteiger partial charge in [0.1, 0.15) is 5.00 Å². The first-order valence-corrected chi connectivity index (χ1v) is 10.5. The summed E-state index contributed by atoms with van der Waals surface area (Å²) in [6.45, 7) is 8.27. The number of carbonyl (C=O) groups is 2. The molecular weight excluding hydrogens is 396 g/mol. The van der Waals surface area contributed by atoms with Gasteiger partial charge in [-0.2, -0.15) is 0 Å². The van der Waals surface area contributed by atoms with Gasteiger partial charge in [-0.05, 0) is 49.1 Å². The Morgan fingerprint density at radius 3 is 2.46 bits per heavy atom. The number of fused-ring (bicyclic) bond motifs is 1. The Hall–Kier alpha value is -2.09. The van der Waals surface area contributed by atoms with E-state index in [9.17, 15) is 9.59 Å². The molecule has 0 saturated heterocycles. The van der Waals surface area contributed by atoms with Gasteiger partial charge in [0.15, 0.2) is 0 Å². The number of urea groups is 1. The van der Waals surface area contributed by atoms with Crippen molar-refractivity contribution in [1.29, 1.82) is 0 Å². The summed E-state index contributed by atoms with van der Waals surface area (Å²) in [7, 11) is 0. The summed E-state index contributed by atoms with van der Waals surface area (Å²) in [5.74, 6) is 0.0320. The number of nitrogens with zero attached hydrogens (tertiary/aromatic N) is 1. The third-order valence-electron chi connectivity index (χ3n) is 5.20. The molecule has 28 heavy (non-hydrogen) atoms. The lowest BCUT2D eigenvalue weighted by molar-refractivity contribution is 0.0998. The van der Waals surface area contributed by atoms with Crippen molar-refractivity contribution in [2.24, 2.45) is 11.7 Å². The predicted octanol–water partition coefficient (Wildman–Crippen LogP) is 4.55. The molecule has 0 spiro atoms. The number of nitrogens with one attached hydrogen (secondary N) is 2. The Kier molecular flexibility index (Phi) is 6.27. The van der Waals surface area contributed by atoms with Gasteiger partial charge in [0.05, 0.1) is 5.56 Å². The second-order valence-corrected chi connectivity index (χ2v) is 8.90. The first-order chi connectivity index (χ1) is 13.3. The van der Waals surface area contributed by atoms with Crippen LogP contribution in [0, 0.1) is 5.92 Å². The molecule has 0 saturated carbocycles. The van der Waals surface area contributed by atoms with Crippen molar-refractivity contribution in [2.45, 2.75) is 39.8 Å². The van der Waals surface area contributed by atoms with Gasteiger partial charge in [-0.25, -0.2) is 4.79 Å². The SMILES string of the molecule is CC(C)C(C)N1CCc2c(sc(NC(=O)Nc3ccc(Cl)cc3)c2C(N)=O)C1. The van der Waals surface area contributed by atoms with Crippen molar-refractivity contribution in [1.82, 2.24) is 4.90 Å². The Morgan fingerprint density at radius 2 is 1.86 bits per heavy atom. The fourth-order valence-electron chi connectivity index (χ4n) is 3.34. The van der Waals surface area contributed by atoms with E-state index in [0.29, 0.717) is 33.2 Å². The van der Waals surface area contributed by atoms with Crippen LogP contribution >= 0.6 is 22.9 Å². The summed E-state index contributed by atoms with van der Waals surface area (Å²) >= 11 is 7.29. The molecule has 150 valence electrons. The van der Waals surface area contributed by atoms with Gasteiger partial charge >= 0.3 is 6.03 Å². The fraction of sp³-hybridized carbons (Fsp3) is 0.400. The smallest absolute Gasteiger partial charge is 0.324 e. The summed E-state index contributed by atoms with van der Waals surface area (Å²) < 4.78 is 0. The van der Waals surface area contributed by atoms with Crippen LogP contribution in [0.25, 0.3) is 0 Å². The topological polar surface area (TPSA) is 87.5 Å². The molecule has 6 nitrogen and oxygen atoms in total. The summed E-state index contributed by atoms with van der Waals surface area (Å²) in [5, 5.41) is 6.63. The molecule has 1 aliphatic heterocycles. The zero-order valence-electron chi connectivity index (χ0n) is 16.2. The molecule has 0 fully saturated rings. The molecule has 2 heterocycles. The minimum absolute atomic E-state index is 0.421. The highest BCUT2D eigenvalue weighted by Gasteiger charge is 2.30. The maximum Gasteiger partial charge on any atom is 0.324 e. The monoisotopic (exact) mass is 420 g/mol. The van der Waals surface area contributed by atoms with Crippen molar-refractivity contribution < 1.29 is 9.59 Å². The van der Waals surface area contributed by atoms with E-state index >= 15 is 0 Å². The zero-order valence-corrected chi connectivity index (χ0v) is 17.8. The van der Waals surface area contributed by atoms with E-state index in [1.54, 1.807) is 24.3 Å². The van der Waals surface area contributed by atoms with Gasteiger partial charge in [0.2, 0.25) is 0 Å². The second-order valence-electron chi connectivity index (χ2n) is 7.36. The van der Waals surface area contributed by atoms with Crippen LogP contribution in [0.4, 0.5) is 15.5 Å². The number of nitrogens with two attached hydrogens (primary N) is 1. The largest absolute Gasteiger partial charge is 0.365 e. The summed E-state index contributed by atoms with van der Waals surface area (Å²) in [4.78, 5) is 28.0. The number of primary amides is 1. The summed E-state index contributed by atoms with van der Waals surface area (Å²) in [5.41, 5.74) is 7.65. The molecule has 3 rings (SSSR count). The minimum atomic E-state index is -0.510. The van der Waals surface area contributed by atoms with E-state index in [1.165, 1.54) is 11.3 Å². The average molecular weight is 421 g/mol. The third kappa shape index (κ3) is 4.48. The van der Waals surface area contributed by atoms with Crippen LogP contribution in [-0.2, 0) is 13.0 Å². The Morgan fingerprint density at radius 1 is 1.18 bits per heavy atom. The molecule has 0 aliphatic carbocycles. The number of amides is 3. The van der Waals surface area contributed by atoms with E-state index in [2.05, 4.69) is 36.3 Å². The molecular formula is C20H25ClN4O2S. The van der Waals surface area contributed by atoms with Crippen LogP contribution in [0.5, 0.6) is 0 Å². The molecule has 1 aromatic heterocycles. The van der Waals surface area contributed by atoms with Gasteiger partial charge in [-0.1, -0.05) is 25.4 Å². The maximum atomic E-state index is 12.4. The molecule has 2 aromatic rings. The number of rotatable bonds is 5. The van der Waals surface area contributed by atoms with Crippen LogP contribution in [-0.4, -0.2) is 29.4 Å². The quantitative estimate of drug-likeness (QED) is 0.663. The van der Waals surface area contributed by atoms with E-state index < -0.39 is 11.9 Å². The first kappa shape index (κ1) is 20.6. The normalized spacial score (nSPS) is 15.2. The molecule has 8 heteroatoms. The van der Waals surface area contributed by atoms with Crippen molar-refractivity contribution in [3.63, 3.8) is 0 Å². The van der Waals surface area contributed by atoms with Crippen molar-refractivity contribution in [3.05, 3.63) is 45.3 Å². The highest BCUT2D eigenvalue weighted by molar-refractivity contribution is 7.17. The Balaban J connectivity index is 1.79. The van der Waals surface area contributed by atoms with Gasteiger partial charge in [-0.15, -0.1) is 11.3 Å². The van der Waals surface area contributed by atoms with Crippen molar-refractivity contribution in [3.8, 4) is 0 Å². The molecule has 1 unspecified atom stereocenters. The van der Waals surface area contributed by atoms with Gasteiger partial charge in [-0.3, -0.25) is 15.0 Å². The third-order valence-corrected chi connectivity index (χ3v) is 6.59. The van der Waals surface area contributed by atoms with E-state index in [-0.39, 0.29) is 0 Å². The number of hydrogen-bond donors (Lipinski definition) is 3. The zero-order chi connectivity index (χ0) is 20.4. The van der Waals surface area contributed by atoms with Crippen LogP contribution in [0.1, 0.15) is 41.6 Å². The lowest BCUT2D eigenvalue weighted by Crippen LogP contribution is -2.40. The standard InChI is InChI=1S/C20H25ClN4O2S/c1-11(2)12(3)25-9-8-15-16(10-25)28-19(17(15)18(22)26)24-20(27)23-14-6-4-13(21)5-7-14/h4-7,11-12H,8-10H2,1-3H3,(H2,22,26)(H2,23,24,27). The first-order valence-electron chi connectivity index (χ1n) is 9.28. The highest BCUT2D eigenvalue weighted by atomic mass is 35.5. The van der Waals surface area contributed by atoms with E-state index in [0.717, 1.165) is 30.0 Å². The fourth-order valence-corrected chi connectivity index (χ4v) is 4.74. The van der Waals surface area contributed by atoms with Gasteiger partial charge in [0, 0.05) is 34.7 Å². The lowest BCUT2D eigenvalue weighted by Gasteiger charge is -2.34. The van der Waals surface area contributed by atoms with Crippen LogP contribution < -0.4 is 16.4 Å². The van der Waals surface area contributed by atoms with Crippen LogP contribution in [0.2, 0.25) is 5.02 Å². The molecule has 0 bridgehead atoms. The highest BCUT2D eigenvalue weighted by Crippen LogP contribution is 2.37. The Bertz CT molecular complexity index is 879. The lowest BCUT2D eigenvalue weighted by atomic mass is 9.98. The Labute approximate surface area is 174 Å². The van der Waals surface area contributed by atoms with Crippen molar-refractivity contribution >= 4 is 45.6 Å². The maximum absolute atomic E-state index is 12.4. The van der Waals surface area contributed by atoms with E-state index in [4.69, 9.17) is 17.3 Å². The summed E-state index contributed by atoms with van der Waals surface area (Å²) in [6.07, 6.45) is 0.752. The average Bonchev–Trinajstić information content (AvgIpc) is 2.99. The number of hydrogen-bond acceptors (Lipinski definition) is 4. The van der Waals surface area contributed by atoms with Gasteiger partial charge in [0.25, 0.3) is 5.91 Å². The molecule has 0 radical (unpaired) electrons. The van der Waals surface area contributed by atoms with Crippen molar-refractivity contribution in [2.75, 3.05) is 17.2 Å². The molecule has 1 aliphatic rings. The van der Waals surface area contributed by atoms with E-state index in [1.807, 2.05) is 0 Å². The molecule has 3 amide bonds. The van der Waals surface area contributed by atoms with Crippen LogP contribution in [0.15, 0.2) is 24.3 Å². The second kappa shape index (κ2) is 8.51. The van der Waals surface area contributed by atoms with Gasteiger partial charge < -0.3 is 11.1 Å². The van der Waals surface area contributed by atoms with Crippen LogP contribution in [0.3, 0.4) is 0 Å². The number of thiophene rings is 1. The summed E-state index contributed by atoms with van der Waals surface area (Å²) in [6, 6.07) is 6.83. The number of benzene rings is 1. The number of halogens is 1. The predicted molar refractivity (Wildman–Crippen MR) is 115 cm³/mol. The molecule has 1 aromatic carbocycles. The molecule has 4 N–H and O–H groups in total.